The van der Waals surface area contributed by atoms with Crippen LogP contribution in [0.25, 0.3) is 17.2 Å². The first-order chi connectivity index (χ1) is 17.6. The number of rotatable bonds is 6. The van der Waals surface area contributed by atoms with E-state index in [1.807, 2.05) is 71.6 Å². The molecule has 0 radical (unpaired) electrons. The van der Waals surface area contributed by atoms with Gasteiger partial charge < -0.3 is 19.7 Å². The minimum Gasteiger partial charge on any atom is -0.398 e. The second-order valence-electron chi connectivity index (χ2n) is 8.68. The Labute approximate surface area is 213 Å². The highest BCUT2D eigenvalue weighted by Gasteiger charge is 2.34. The van der Waals surface area contributed by atoms with Gasteiger partial charge in [0.15, 0.2) is 12.3 Å². The molecule has 6 nitrogen and oxygen atoms in total. The first kappa shape index (κ1) is 22.4. The molecule has 2 heterocycles. The fraction of sp³-hybridized carbons (Fsp3) is 0.103. The van der Waals surface area contributed by atoms with Crippen molar-refractivity contribution in [2.45, 2.75) is 6.54 Å². The Balaban J connectivity index is 1.37. The fourth-order valence-electron chi connectivity index (χ4n) is 4.66. The summed E-state index contributed by atoms with van der Waals surface area (Å²) in [5, 5.41) is 12.9. The predicted molar refractivity (Wildman–Crippen MR) is 144 cm³/mol. The Morgan fingerprint density at radius 1 is 0.972 bits per heavy atom. The number of anilines is 2. The number of benzene rings is 3. The Morgan fingerprint density at radius 3 is 2.53 bits per heavy atom. The molecule has 1 aliphatic carbocycles. The van der Waals surface area contributed by atoms with Crippen molar-refractivity contribution in [3.05, 3.63) is 118 Å². The minimum atomic E-state index is -0.0964. The molecule has 36 heavy (non-hydrogen) atoms. The van der Waals surface area contributed by atoms with Crippen molar-refractivity contribution >= 4 is 47.0 Å². The number of para-hydroxylation sites is 4. The number of fused-ring (bicyclic) bond motifs is 2. The zero-order valence-electron chi connectivity index (χ0n) is 19.4. The third-order valence-corrected chi connectivity index (χ3v) is 6.92. The molecule has 3 aromatic carbocycles. The van der Waals surface area contributed by atoms with Gasteiger partial charge in [0.05, 0.1) is 24.1 Å². The van der Waals surface area contributed by atoms with Gasteiger partial charge in [0, 0.05) is 34.2 Å². The summed E-state index contributed by atoms with van der Waals surface area (Å²) in [5.41, 5.74) is 5.78. The van der Waals surface area contributed by atoms with Gasteiger partial charge in [-0.15, -0.1) is 12.6 Å². The van der Waals surface area contributed by atoms with Crippen LogP contribution < -0.4 is 14.8 Å². The van der Waals surface area contributed by atoms with E-state index in [0.29, 0.717) is 35.0 Å². The molecule has 0 fully saturated rings. The molecule has 0 saturated carbocycles. The number of hydrogen-bond donors (Lipinski definition) is 3. The molecule has 178 valence electrons. The maximum Gasteiger partial charge on any atom is 0.375 e. The van der Waals surface area contributed by atoms with Crippen molar-refractivity contribution in [3.63, 3.8) is 0 Å². The van der Waals surface area contributed by atoms with Crippen LogP contribution in [0.5, 0.6) is 0 Å². The Bertz CT molecular complexity index is 1580. The second kappa shape index (κ2) is 9.18. The van der Waals surface area contributed by atoms with Gasteiger partial charge in [0.1, 0.15) is 5.82 Å². The highest BCUT2D eigenvalue weighted by atomic mass is 32.1. The van der Waals surface area contributed by atoms with E-state index in [4.69, 9.17) is 4.42 Å². The molecule has 6 rings (SSSR count). The molecule has 2 aliphatic rings. The maximum atomic E-state index is 13.2. The van der Waals surface area contributed by atoms with Gasteiger partial charge in [0.25, 0.3) is 5.52 Å². The molecule has 0 bridgehead atoms. The van der Waals surface area contributed by atoms with Gasteiger partial charge in [-0.1, -0.05) is 54.6 Å². The van der Waals surface area contributed by atoms with E-state index < -0.39 is 0 Å². The summed E-state index contributed by atoms with van der Waals surface area (Å²) in [6, 6.07) is 25.8. The van der Waals surface area contributed by atoms with E-state index in [1.165, 1.54) is 0 Å². The van der Waals surface area contributed by atoms with E-state index in [1.54, 1.807) is 12.2 Å². The van der Waals surface area contributed by atoms with Crippen LogP contribution in [0.3, 0.4) is 0 Å². The molecule has 0 spiro atoms. The largest absolute Gasteiger partial charge is 0.398 e. The summed E-state index contributed by atoms with van der Waals surface area (Å²) in [6.45, 7) is 1.03. The molecular formula is C29H24N3O3S+. The lowest BCUT2D eigenvalue weighted by atomic mass is 9.89. The van der Waals surface area contributed by atoms with Crippen molar-refractivity contribution in [2.24, 2.45) is 0 Å². The van der Waals surface area contributed by atoms with Crippen molar-refractivity contribution < 1.29 is 18.9 Å². The van der Waals surface area contributed by atoms with Crippen LogP contribution in [0, 0.1) is 0 Å². The predicted octanol–water partition coefficient (Wildman–Crippen LogP) is 4.68. The van der Waals surface area contributed by atoms with Crippen LogP contribution in [0.4, 0.5) is 11.4 Å². The molecule has 2 N–H and O–H groups in total. The standard InChI is InChI=1S/C29H23N3O3S/c33-15-14-31-23-11-5-4-10-22(23)30-26(31)16-20-28(34)21(29(20)36)17-27-32(18-19-8-2-1-3-9-19)24-12-6-7-13-25(24)35-27/h1-13,16-17,33H,14-15,18H2,(H,34,36)/p+1. The summed E-state index contributed by atoms with van der Waals surface area (Å²) in [4.78, 5) is 15.8. The molecule has 4 aromatic rings. The van der Waals surface area contributed by atoms with Crippen molar-refractivity contribution in [3.8, 4) is 0 Å². The van der Waals surface area contributed by atoms with E-state index in [0.717, 1.165) is 33.9 Å². The smallest absolute Gasteiger partial charge is 0.375 e. The number of aromatic nitrogens is 1. The third kappa shape index (κ3) is 3.82. The molecule has 0 unspecified atom stereocenters. The Morgan fingerprint density at radius 2 is 1.72 bits per heavy atom. The molecule has 0 amide bonds. The number of carbonyl (C=O) groups excluding carboxylic acids is 1. The number of Topliss-reactive ketones (excluding diaryl/α,β-unsaturated/α-hetero) is 1. The van der Waals surface area contributed by atoms with Gasteiger partial charge in [-0.3, -0.25) is 4.79 Å². The number of nitrogens with zero attached hydrogens (tertiary/aromatic N) is 2. The zero-order valence-corrected chi connectivity index (χ0v) is 20.3. The lowest BCUT2D eigenvalue weighted by Gasteiger charge is -2.23. The van der Waals surface area contributed by atoms with E-state index in [9.17, 15) is 9.90 Å². The highest BCUT2D eigenvalue weighted by Crippen LogP contribution is 2.40. The highest BCUT2D eigenvalue weighted by molar-refractivity contribution is 7.85. The number of allylic oxidation sites excluding steroid dienone is 3. The quantitative estimate of drug-likeness (QED) is 0.206. The number of thiol groups is 1. The number of oxazole rings is 1. The van der Waals surface area contributed by atoms with Crippen LogP contribution >= 0.6 is 12.6 Å². The Kier molecular flexibility index (Phi) is 5.71. The third-order valence-electron chi connectivity index (χ3n) is 6.44. The van der Waals surface area contributed by atoms with Gasteiger partial charge >= 0.3 is 5.89 Å². The average molecular weight is 495 g/mol. The molecule has 1 aliphatic heterocycles. The average Bonchev–Trinajstić information content (AvgIpc) is 3.44. The van der Waals surface area contributed by atoms with E-state index in [-0.39, 0.29) is 12.4 Å². The van der Waals surface area contributed by atoms with Crippen LogP contribution in [0.2, 0.25) is 0 Å². The molecular weight excluding hydrogens is 470 g/mol. The summed E-state index contributed by atoms with van der Waals surface area (Å²) < 4.78 is 8.22. The molecule has 0 atom stereocenters. The number of aliphatic hydroxyl groups excluding tert-OH is 1. The number of carbonyl (C=O) groups is 1. The van der Waals surface area contributed by atoms with E-state index in [2.05, 4.69) is 34.6 Å². The van der Waals surface area contributed by atoms with Gasteiger partial charge in [-0.25, -0.2) is 0 Å². The van der Waals surface area contributed by atoms with Gasteiger partial charge in [-0.2, -0.15) is 4.57 Å². The molecule has 1 aromatic heterocycles. The van der Waals surface area contributed by atoms with Crippen LogP contribution in [-0.2, 0) is 11.3 Å². The van der Waals surface area contributed by atoms with Gasteiger partial charge in [-0.05, 0) is 24.3 Å². The monoisotopic (exact) mass is 494 g/mol. The second-order valence-corrected chi connectivity index (χ2v) is 9.12. The first-order valence-corrected chi connectivity index (χ1v) is 12.2. The van der Waals surface area contributed by atoms with Crippen molar-refractivity contribution in [1.82, 2.24) is 0 Å². The van der Waals surface area contributed by atoms with Crippen LogP contribution in [-0.4, -0.2) is 24.0 Å². The summed E-state index contributed by atoms with van der Waals surface area (Å²) in [5.74, 6) is 1.23. The minimum absolute atomic E-state index is 0.00724. The number of hydrogen-bond acceptors (Lipinski definition) is 6. The topological polar surface area (TPSA) is 69.6 Å². The summed E-state index contributed by atoms with van der Waals surface area (Å²) >= 11 is 4.68. The lowest BCUT2D eigenvalue weighted by molar-refractivity contribution is -0.669. The number of aliphatic hydroxyl groups is 1. The fourth-order valence-corrected chi connectivity index (χ4v) is 5.00. The van der Waals surface area contributed by atoms with Gasteiger partial charge in [0.2, 0.25) is 5.58 Å². The summed E-state index contributed by atoms with van der Waals surface area (Å²) in [7, 11) is 0. The summed E-state index contributed by atoms with van der Waals surface area (Å²) in [6.07, 6.45) is 3.58. The van der Waals surface area contributed by atoms with Crippen molar-refractivity contribution in [1.29, 1.82) is 0 Å². The number of nitrogens with one attached hydrogen (secondary N) is 1. The first-order valence-electron chi connectivity index (χ1n) is 11.8. The van der Waals surface area contributed by atoms with Crippen LogP contribution in [0.15, 0.2) is 111 Å². The lowest BCUT2D eigenvalue weighted by Crippen LogP contribution is -2.36. The SMILES string of the molecule is O=C1C(/C=C2/Nc3ccccc3N2CCO)=C(S)C/1=C\c1oc2ccccc2[n+]1Cc1ccccc1. The molecule has 0 saturated heterocycles. The van der Waals surface area contributed by atoms with E-state index >= 15 is 0 Å². The number of ketones is 1. The van der Waals surface area contributed by atoms with Crippen molar-refractivity contribution in [2.75, 3.05) is 23.4 Å². The normalized spacial score (nSPS) is 17.2. The number of β-amino-alcohol motifs (C(OH)–C–C–N with tert-alkyl or cyclic N) is 1. The molecule has 7 heteroatoms. The Hall–Kier alpha value is -4.07. The maximum absolute atomic E-state index is 13.2. The van der Waals surface area contributed by atoms with Crippen LogP contribution in [0.1, 0.15) is 11.5 Å². The zero-order chi connectivity index (χ0) is 24.6.